The van der Waals surface area contributed by atoms with Gasteiger partial charge in [-0.1, -0.05) is 24.3 Å². The maximum absolute atomic E-state index is 13.5. The van der Waals surface area contributed by atoms with Crippen LogP contribution in [0, 0.1) is 0 Å². The summed E-state index contributed by atoms with van der Waals surface area (Å²) in [4.78, 5) is 22.6. The van der Waals surface area contributed by atoms with Gasteiger partial charge in [0.1, 0.15) is 0 Å². The first-order valence-corrected chi connectivity index (χ1v) is 11.7. The van der Waals surface area contributed by atoms with Crippen LogP contribution in [0.25, 0.3) is 22.6 Å². The summed E-state index contributed by atoms with van der Waals surface area (Å²) in [6.45, 7) is 0.446. The average molecular weight is 466 g/mol. The quantitative estimate of drug-likeness (QED) is 0.410. The maximum Gasteiger partial charge on any atom is 0.252 e. The van der Waals surface area contributed by atoms with Crippen molar-refractivity contribution in [2.75, 3.05) is 14.2 Å². The number of para-hydroxylation sites is 1. The van der Waals surface area contributed by atoms with Crippen molar-refractivity contribution in [3.05, 3.63) is 94.9 Å². The summed E-state index contributed by atoms with van der Waals surface area (Å²) in [6.07, 6.45) is 8.27. The number of hydrogen-bond donors (Lipinski definition) is 1. The molecule has 2 heterocycles. The number of hydrogen-bond acceptors (Lipinski definition) is 5. The van der Waals surface area contributed by atoms with Crippen LogP contribution >= 0.6 is 0 Å². The summed E-state index contributed by atoms with van der Waals surface area (Å²) in [7, 11) is 3.26. The van der Waals surface area contributed by atoms with Gasteiger partial charge in [-0.2, -0.15) is 0 Å². The van der Waals surface area contributed by atoms with E-state index in [4.69, 9.17) is 14.5 Å². The van der Waals surface area contributed by atoms with Crippen LogP contribution in [0.4, 0.5) is 0 Å². The number of allylic oxidation sites excluding steroid dienone is 1. The van der Waals surface area contributed by atoms with Gasteiger partial charge in [-0.15, -0.1) is 0 Å². The highest BCUT2D eigenvalue weighted by Gasteiger charge is 2.25. The predicted octanol–water partition coefficient (Wildman–Crippen LogP) is 5.45. The predicted molar refractivity (Wildman–Crippen MR) is 138 cm³/mol. The molecular weight excluding hydrogens is 438 g/mol. The fourth-order valence-electron chi connectivity index (χ4n) is 4.65. The lowest BCUT2D eigenvalue weighted by Gasteiger charge is -2.23. The Labute approximate surface area is 204 Å². The SMILES string of the molecule is COc1ccc(/C=C2\CCCc3c2nc2ccccc2c3C(=O)NCc2ccncc2)cc1OC. The zero-order chi connectivity index (χ0) is 24.2. The van der Waals surface area contributed by atoms with Gasteiger partial charge in [0, 0.05) is 24.3 Å². The number of aromatic nitrogens is 2. The van der Waals surface area contributed by atoms with Crippen molar-refractivity contribution in [2.24, 2.45) is 0 Å². The molecule has 0 bridgehead atoms. The largest absolute Gasteiger partial charge is 0.493 e. The van der Waals surface area contributed by atoms with E-state index in [0.717, 1.165) is 63.7 Å². The summed E-state index contributed by atoms with van der Waals surface area (Å²) in [5.74, 6) is 1.29. The lowest BCUT2D eigenvalue weighted by atomic mass is 9.85. The number of methoxy groups -OCH3 is 2. The van der Waals surface area contributed by atoms with E-state index in [1.807, 2.05) is 54.6 Å². The number of nitrogens with one attached hydrogen (secondary N) is 1. The normalized spacial score (nSPS) is 13.9. The molecule has 0 spiro atoms. The third-order valence-corrected chi connectivity index (χ3v) is 6.35. The van der Waals surface area contributed by atoms with Crippen molar-refractivity contribution >= 4 is 28.5 Å². The number of fused-ring (bicyclic) bond motifs is 2. The Balaban J connectivity index is 1.58. The zero-order valence-corrected chi connectivity index (χ0v) is 19.9. The number of ether oxygens (including phenoxy) is 2. The standard InChI is InChI=1S/C29H27N3O3/c1-34-25-11-10-20(17-26(25)35-2)16-21-6-5-8-23-27(22-7-3-4-9-24(22)32-28(21)23)29(33)31-18-19-12-14-30-15-13-19/h3-4,7,9-17H,5-6,8,18H2,1-2H3,(H,31,33)/b21-16+. The lowest BCUT2D eigenvalue weighted by Crippen LogP contribution is -2.26. The van der Waals surface area contributed by atoms with E-state index in [0.29, 0.717) is 18.0 Å². The first kappa shape index (κ1) is 22.6. The molecule has 6 nitrogen and oxygen atoms in total. The smallest absolute Gasteiger partial charge is 0.252 e. The molecule has 0 aliphatic heterocycles. The Morgan fingerprint density at radius 3 is 2.60 bits per heavy atom. The Kier molecular flexibility index (Phi) is 6.44. The number of benzene rings is 2. The van der Waals surface area contributed by atoms with Gasteiger partial charge >= 0.3 is 0 Å². The van der Waals surface area contributed by atoms with Gasteiger partial charge in [0.2, 0.25) is 0 Å². The molecule has 6 heteroatoms. The molecule has 1 amide bonds. The van der Waals surface area contributed by atoms with Crippen molar-refractivity contribution in [2.45, 2.75) is 25.8 Å². The van der Waals surface area contributed by atoms with E-state index in [1.165, 1.54) is 0 Å². The van der Waals surface area contributed by atoms with Gasteiger partial charge in [0.25, 0.3) is 5.91 Å². The van der Waals surface area contributed by atoms with Crippen molar-refractivity contribution < 1.29 is 14.3 Å². The number of pyridine rings is 2. The van der Waals surface area contributed by atoms with Gasteiger partial charge in [0.05, 0.1) is 31.0 Å². The molecule has 176 valence electrons. The van der Waals surface area contributed by atoms with Crippen LogP contribution in [-0.4, -0.2) is 30.1 Å². The summed E-state index contributed by atoms with van der Waals surface area (Å²) >= 11 is 0. The van der Waals surface area contributed by atoms with E-state index in [1.54, 1.807) is 26.6 Å². The summed E-state index contributed by atoms with van der Waals surface area (Å²) in [6, 6.07) is 17.6. The van der Waals surface area contributed by atoms with Gasteiger partial charge < -0.3 is 14.8 Å². The molecule has 0 fully saturated rings. The number of amides is 1. The number of nitrogens with zero attached hydrogens (tertiary/aromatic N) is 2. The van der Waals surface area contributed by atoms with Crippen molar-refractivity contribution in [1.29, 1.82) is 0 Å². The van der Waals surface area contributed by atoms with E-state index < -0.39 is 0 Å². The Hall–Kier alpha value is -4.19. The number of carbonyl (C=O) groups is 1. The summed E-state index contributed by atoms with van der Waals surface area (Å²) in [5.41, 5.74) is 6.58. The molecular formula is C29H27N3O3. The van der Waals surface area contributed by atoms with E-state index >= 15 is 0 Å². The molecule has 4 aromatic rings. The molecule has 35 heavy (non-hydrogen) atoms. The molecule has 5 rings (SSSR count). The molecule has 1 aliphatic carbocycles. The van der Waals surface area contributed by atoms with Crippen LogP contribution in [0.1, 0.15) is 45.6 Å². The van der Waals surface area contributed by atoms with Crippen molar-refractivity contribution in [3.8, 4) is 11.5 Å². The second-order valence-corrected chi connectivity index (χ2v) is 8.51. The minimum atomic E-state index is -0.0796. The van der Waals surface area contributed by atoms with Gasteiger partial charge in [-0.05, 0) is 77.9 Å². The summed E-state index contributed by atoms with van der Waals surface area (Å²) in [5, 5.41) is 3.99. The van der Waals surface area contributed by atoms with Crippen LogP contribution in [0.3, 0.4) is 0 Å². The van der Waals surface area contributed by atoms with Crippen LogP contribution in [-0.2, 0) is 13.0 Å². The Bertz CT molecular complexity index is 1410. The Morgan fingerprint density at radius 2 is 1.80 bits per heavy atom. The lowest BCUT2D eigenvalue weighted by molar-refractivity contribution is 0.0951. The topological polar surface area (TPSA) is 73.3 Å². The highest BCUT2D eigenvalue weighted by Crippen LogP contribution is 2.37. The minimum absolute atomic E-state index is 0.0796. The molecule has 0 unspecified atom stereocenters. The third kappa shape index (κ3) is 4.60. The van der Waals surface area contributed by atoms with Crippen LogP contribution < -0.4 is 14.8 Å². The fraction of sp³-hybridized carbons (Fsp3) is 0.207. The van der Waals surface area contributed by atoms with Gasteiger partial charge in [-0.25, -0.2) is 4.98 Å². The van der Waals surface area contributed by atoms with Gasteiger partial charge in [-0.3, -0.25) is 9.78 Å². The molecule has 0 saturated carbocycles. The minimum Gasteiger partial charge on any atom is -0.493 e. The third-order valence-electron chi connectivity index (χ3n) is 6.35. The van der Waals surface area contributed by atoms with E-state index in [2.05, 4.69) is 16.4 Å². The Morgan fingerprint density at radius 1 is 1.00 bits per heavy atom. The highest BCUT2D eigenvalue weighted by atomic mass is 16.5. The first-order chi connectivity index (χ1) is 17.2. The second kappa shape index (κ2) is 9.97. The molecule has 0 radical (unpaired) electrons. The molecule has 0 atom stereocenters. The second-order valence-electron chi connectivity index (χ2n) is 8.51. The average Bonchev–Trinajstić information content (AvgIpc) is 2.91. The van der Waals surface area contributed by atoms with Crippen LogP contribution in [0.5, 0.6) is 11.5 Å². The number of rotatable bonds is 6. The first-order valence-electron chi connectivity index (χ1n) is 11.7. The number of carbonyl (C=O) groups excluding carboxylic acids is 1. The molecule has 1 aliphatic rings. The van der Waals surface area contributed by atoms with Gasteiger partial charge in [0.15, 0.2) is 11.5 Å². The molecule has 1 N–H and O–H groups in total. The zero-order valence-electron chi connectivity index (χ0n) is 19.9. The van der Waals surface area contributed by atoms with Crippen molar-refractivity contribution in [3.63, 3.8) is 0 Å². The summed E-state index contributed by atoms with van der Waals surface area (Å²) < 4.78 is 10.9. The molecule has 2 aromatic heterocycles. The van der Waals surface area contributed by atoms with E-state index in [9.17, 15) is 4.79 Å². The van der Waals surface area contributed by atoms with Crippen molar-refractivity contribution in [1.82, 2.24) is 15.3 Å². The molecule has 2 aromatic carbocycles. The monoisotopic (exact) mass is 465 g/mol. The molecule has 0 saturated heterocycles. The van der Waals surface area contributed by atoms with E-state index in [-0.39, 0.29) is 5.91 Å². The maximum atomic E-state index is 13.5. The highest BCUT2D eigenvalue weighted by molar-refractivity contribution is 6.09. The van der Waals surface area contributed by atoms with Crippen LogP contribution in [0.15, 0.2) is 67.0 Å². The fourth-order valence-corrected chi connectivity index (χ4v) is 4.65. The van der Waals surface area contributed by atoms with Crippen LogP contribution in [0.2, 0.25) is 0 Å².